The Bertz CT molecular complexity index is 930. The number of fused-ring (bicyclic) bond motifs is 1. The number of benzene rings is 1. The van der Waals surface area contributed by atoms with Crippen LogP contribution >= 0.6 is 12.4 Å². The molecule has 0 spiro atoms. The van der Waals surface area contributed by atoms with Crippen molar-refractivity contribution in [1.29, 1.82) is 0 Å². The highest BCUT2D eigenvalue weighted by Gasteiger charge is 2.24. The second-order valence-corrected chi connectivity index (χ2v) is 7.72. The van der Waals surface area contributed by atoms with Gasteiger partial charge in [0.05, 0.1) is 12.8 Å². The summed E-state index contributed by atoms with van der Waals surface area (Å²) in [6.45, 7) is 6.01. The number of halogens is 1. The third-order valence-electron chi connectivity index (χ3n) is 5.23. The highest BCUT2D eigenvalue weighted by molar-refractivity contribution is 5.85. The summed E-state index contributed by atoms with van der Waals surface area (Å²) in [4.78, 5) is 4.85. The Morgan fingerprint density at radius 2 is 2.03 bits per heavy atom. The number of aromatic nitrogens is 3. The number of hydrogen-bond donors (Lipinski definition) is 4. The molecule has 3 heterocycles. The fourth-order valence-corrected chi connectivity index (χ4v) is 3.65. The van der Waals surface area contributed by atoms with Crippen molar-refractivity contribution in [2.75, 3.05) is 23.8 Å². The Morgan fingerprint density at radius 1 is 1.27 bits per heavy atom. The number of rotatable bonds is 7. The lowest BCUT2D eigenvalue weighted by Gasteiger charge is -2.16. The van der Waals surface area contributed by atoms with E-state index in [2.05, 4.69) is 47.0 Å². The Kier molecular flexibility index (Phi) is 8.46. The third-order valence-corrected chi connectivity index (χ3v) is 5.23. The van der Waals surface area contributed by atoms with Crippen molar-refractivity contribution in [2.45, 2.75) is 52.2 Å². The summed E-state index contributed by atoms with van der Waals surface area (Å²) in [6.07, 6.45) is 2.79. The van der Waals surface area contributed by atoms with Crippen LogP contribution in [0.4, 0.5) is 11.6 Å². The van der Waals surface area contributed by atoms with Gasteiger partial charge in [-0.25, -0.2) is 4.98 Å². The first-order valence-electron chi connectivity index (χ1n) is 9.91. The van der Waals surface area contributed by atoms with E-state index in [1.165, 1.54) is 5.56 Å². The van der Waals surface area contributed by atoms with Crippen LogP contribution in [0.25, 0.3) is 5.65 Å². The van der Waals surface area contributed by atoms with E-state index < -0.39 is 0 Å². The number of nitrogens with one attached hydrogen (secondary N) is 3. The van der Waals surface area contributed by atoms with Gasteiger partial charge >= 0.3 is 0 Å². The summed E-state index contributed by atoms with van der Waals surface area (Å²) in [5.74, 6) is 2.08. The first kappa shape index (κ1) is 23.9. The molecule has 8 heteroatoms. The normalized spacial score (nSPS) is 18.1. The van der Waals surface area contributed by atoms with Gasteiger partial charge in [-0.05, 0) is 17.9 Å². The molecule has 0 aliphatic carbocycles. The lowest BCUT2D eigenvalue weighted by Crippen LogP contribution is -2.25. The number of aliphatic hydroxyl groups is 1. The lowest BCUT2D eigenvalue weighted by molar-refractivity contribution is 0.254. The maximum Gasteiger partial charge on any atom is 0.163 e. The third kappa shape index (κ3) is 5.22. The van der Waals surface area contributed by atoms with Gasteiger partial charge in [0.25, 0.3) is 0 Å². The summed E-state index contributed by atoms with van der Waals surface area (Å²) in [5, 5.41) is 24.3. The molecule has 30 heavy (non-hydrogen) atoms. The van der Waals surface area contributed by atoms with Crippen molar-refractivity contribution in [2.24, 2.45) is 0 Å². The van der Waals surface area contributed by atoms with Gasteiger partial charge in [-0.2, -0.15) is 9.61 Å². The predicted molar refractivity (Wildman–Crippen MR) is 126 cm³/mol. The summed E-state index contributed by atoms with van der Waals surface area (Å²) in [6, 6.07) is 12.7. The molecule has 0 bridgehead atoms. The fraction of sp³-hybridized carbons (Fsp3) is 0.455. The average Bonchev–Trinajstić information content (AvgIpc) is 3.33. The van der Waals surface area contributed by atoms with Crippen LogP contribution in [0.15, 0.2) is 42.6 Å². The van der Waals surface area contributed by atoms with Gasteiger partial charge in [-0.15, -0.1) is 12.4 Å². The molecule has 1 saturated heterocycles. The lowest BCUT2D eigenvalue weighted by atomic mass is 10.1. The maximum absolute atomic E-state index is 9.36. The van der Waals surface area contributed by atoms with Crippen molar-refractivity contribution >= 4 is 29.7 Å². The number of nitrogens with zero attached hydrogens (tertiary/aromatic N) is 3. The Labute approximate surface area is 184 Å². The molecule has 1 fully saturated rings. The van der Waals surface area contributed by atoms with Crippen LogP contribution in [0.1, 0.15) is 44.7 Å². The molecule has 1 unspecified atom stereocenters. The van der Waals surface area contributed by atoms with E-state index >= 15 is 0 Å². The highest BCUT2D eigenvalue weighted by Crippen LogP contribution is 2.25. The second-order valence-electron chi connectivity index (χ2n) is 7.72. The molecule has 1 aliphatic rings. The van der Waals surface area contributed by atoms with Crippen molar-refractivity contribution in [3.05, 3.63) is 53.7 Å². The van der Waals surface area contributed by atoms with Crippen LogP contribution in [0.3, 0.4) is 0 Å². The maximum atomic E-state index is 9.36. The molecule has 4 N–H and O–H groups in total. The Hall–Kier alpha value is -2.35. The van der Waals surface area contributed by atoms with Crippen LogP contribution in [-0.4, -0.2) is 44.9 Å². The molecule has 164 valence electrons. The van der Waals surface area contributed by atoms with E-state index in [-0.39, 0.29) is 38.5 Å². The minimum absolute atomic E-state index is 0. The summed E-state index contributed by atoms with van der Waals surface area (Å²) < 4.78 is 1.88. The second kappa shape index (κ2) is 10.6. The molecular weight excluding hydrogens is 400 g/mol. The minimum Gasteiger partial charge on any atom is -0.395 e. The van der Waals surface area contributed by atoms with E-state index in [4.69, 9.17) is 4.98 Å². The summed E-state index contributed by atoms with van der Waals surface area (Å²) >= 11 is 0. The van der Waals surface area contributed by atoms with Crippen LogP contribution < -0.4 is 16.0 Å². The van der Waals surface area contributed by atoms with E-state index in [9.17, 15) is 5.11 Å². The standard InChI is InChI=1S/C21H28N6O.CH4.ClH/c1-14(2)18-12-24-27-20(23-10-15-6-4-3-5-7-15)9-19(26-21(18)27)25-16-8-17(13-28)22-11-16;;/h3-7,9,12,14,16-17,22-23,28H,8,10-11,13H2,1-2H3,(H,25,26);1H4;1H/t16?,17-;;/m0../s1. The Balaban J connectivity index is 0.00000160. The molecule has 3 aromatic rings. The van der Waals surface area contributed by atoms with Gasteiger partial charge < -0.3 is 21.1 Å². The van der Waals surface area contributed by atoms with Gasteiger partial charge in [0.2, 0.25) is 0 Å². The van der Waals surface area contributed by atoms with E-state index in [1.54, 1.807) is 0 Å². The molecular formula is C22H33ClN6O. The Morgan fingerprint density at radius 3 is 2.70 bits per heavy atom. The monoisotopic (exact) mass is 432 g/mol. The van der Waals surface area contributed by atoms with Gasteiger partial charge in [0.15, 0.2) is 5.65 Å². The molecule has 0 saturated carbocycles. The fourth-order valence-electron chi connectivity index (χ4n) is 3.65. The molecule has 2 atom stereocenters. The molecule has 1 aromatic carbocycles. The molecule has 1 aliphatic heterocycles. The van der Waals surface area contributed by atoms with Gasteiger partial charge in [0, 0.05) is 36.8 Å². The SMILES string of the molecule is C.CC(C)c1cnn2c(NCc3ccccc3)cc(NC3CN[C@H](CO)C3)nc12.Cl. The van der Waals surface area contributed by atoms with Crippen LogP contribution in [0.2, 0.25) is 0 Å². The summed E-state index contributed by atoms with van der Waals surface area (Å²) in [7, 11) is 0. The first-order valence-corrected chi connectivity index (χ1v) is 9.91. The van der Waals surface area contributed by atoms with Crippen LogP contribution in [0.5, 0.6) is 0 Å². The zero-order chi connectivity index (χ0) is 19.5. The molecule has 4 rings (SSSR count). The average molecular weight is 433 g/mol. The molecule has 2 aromatic heterocycles. The van der Waals surface area contributed by atoms with Crippen LogP contribution in [-0.2, 0) is 6.54 Å². The first-order chi connectivity index (χ1) is 13.6. The quantitative estimate of drug-likeness (QED) is 0.456. The largest absolute Gasteiger partial charge is 0.395 e. The topological polar surface area (TPSA) is 86.5 Å². The minimum atomic E-state index is 0. The van der Waals surface area contributed by atoms with E-state index in [1.807, 2.05) is 35.0 Å². The zero-order valence-corrected chi connectivity index (χ0v) is 17.6. The zero-order valence-electron chi connectivity index (χ0n) is 16.8. The van der Waals surface area contributed by atoms with Crippen LogP contribution in [0, 0.1) is 0 Å². The van der Waals surface area contributed by atoms with Crippen molar-refractivity contribution < 1.29 is 5.11 Å². The number of hydrogen-bond acceptors (Lipinski definition) is 6. The smallest absolute Gasteiger partial charge is 0.163 e. The van der Waals surface area contributed by atoms with Gasteiger partial charge in [0.1, 0.15) is 11.6 Å². The van der Waals surface area contributed by atoms with Crippen molar-refractivity contribution in [3.8, 4) is 0 Å². The van der Waals surface area contributed by atoms with Crippen molar-refractivity contribution in [3.63, 3.8) is 0 Å². The number of aliphatic hydroxyl groups excluding tert-OH is 1. The molecule has 7 nitrogen and oxygen atoms in total. The summed E-state index contributed by atoms with van der Waals surface area (Å²) in [5.41, 5.74) is 3.22. The predicted octanol–water partition coefficient (Wildman–Crippen LogP) is 3.66. The van der Waals surface area contributed by atoms with E-state index in [0.717, 1.165) is 35.8 Å². The molecule has 0 amide bonds. The van der Waals surface area contributed by atoms with Crippen molar-refractivity contribution in [1.82, 2.24) is 19.9 Å². The van der Waals surface area contributed by atoms with E-state index in [0.29, 0.717) is 12.5 Å². The van der Waals surface area contributed by atoms with Gasteiger partial charge in [-0.3, -0.25) is 0 Å². The highest BCUT2D eigenvalue weighted by atomic mass is 35.5. The number of anilines is 2. The van der Waals surface area contributed by atoms with Gasteiger partial charge in [-0.1, -0.05) is 51.6 Å². The molecule has 0 radical (unpaired) electrons.